The third kappa shape index (κ3) is 3.97. The molecular formula is C22H29NO5S. The van der Waals surface area contributed by atoms with Gasteiger partial charge in [-0.25, -0.2) is 4.79 Å². The van der Waals surface area contributed by atoms with Gasteiger partial charge in [0.1, 0.15) is 5.00 Å². The van der Waals surface area contributed by atoms with Crippen LogP contribution < -0.4 is 5.32 Å². The highest BCUT2D eigenvalue weighted by Gasteiger charge is 2.57. The van der Waals surface area contributed by atoms with Gasteiger partial charge in [-0.05, 0) is 57.9 Å². The van der Waals surface area contributed by atoms with E-state index in [1.54, 1.807) is 13.0 Å². The van der Waals surface area contributed by atoms with Crippen LogP contribution in [-0.2, 0) is 20.7 Å². The van der Waals surface area contributed by atoms with E-state index in [0.717, 1.165) is 41.7 Å². The molecule has 2 aliphatic carbocycles. The van der Waals surface area contributed by atoms with E-state index >= 15 is 0 Å². The number of anilines is 1. The third-order valence-corrected chi connectivity index (χ3v) is 7.13. The number of fused-ring (bicyclic) bond motifs is 2. The van der Waals surface area contributed by atoms with Crippen molar-refractivity contribution in [2.24, 2.45) is 23.7 Å². The molecule has 0 aliphatic heterocycles. The Hall–Kier alpha value is -2.15. The first-order valence-electron chi connectivity index (χ1n) is 10.3. The molecule has 2 fully saturated rings. The SMILES string of the molecule is CCCc1cc(C(=O)OCC)c(NC(=O)[C@@H]2[C@@H](C(=O)O)[C@@H]3CC[C@H]2C3=C(C)C)s1. The van der Waals surface area contributed by atoms with E-state index in [1.807, 2.05) is 13.8 Å². The fraction of sp³-hybridized carbons (Fsp3) is 0.591. The molecule has 4 atom stereocenters. The van der Waals surface area contributed by atoms with Crippen LogP contribution in [0.5, 0.6) is 0 Å². The van der Waals surface area contributed by atoms with Crippen molar-refractivity contribution < 1.29 is 24.2 Å². The molecule has 2 saturated carbocycles. The number of carboxylic acids is 1. The number of allylic oxidation sites excluding steroid dienone is 2. The molecule has 3 rings (SSSR count). The quantitative estimate of drug-likeness (QED) is 0.501. The van der Waals surface area contributed by atoms with Crippen molar-refractivity contribution in [1.82, 2.24) is 0 Å². The van der Waals surface area contributed by atoms with Crippen molar-refractivity contribution in [1.29, 1.82) is 0 Å². The van der Waals surface area contributed by atoms with E-state index in [1.165, 1.54) is 11.3 Å². The maximum absolute atomic E-state index is 13.2. The van der Waals surface area contributed by atoms with Crippen molar-refractivity contribution >= 4 is 34.2 Å². The Balaban J connectivity index is 1.90. The second-order valence-corrected chi connectivity index (χ2v) is 9.19. The first-order chi connectivity index (χ1) is 13.8. The Morgan fingerprint density at radius 3 is 2.38 bits per heavy atom. The summed E-state index contributed by atoms with van der Waals surface area (Å²) in [4.78, 5) is 38.6. The van der Waals surface area contributed by atoms with Crippen LogP contribution in [0.3, 0.4) is 0 Å². The minimum absolute atomic E-state index is 0.0350. The van der Waals surface area contributed by atoms with Crippen molar-refractivity contribution in [3.05, 3.63) is 27.7 Å². The highest BCUT2D eigenvalue weighted by molar-refractivity contribution is 7.16. The Morgan fingerprint density at radius 1 is 1.17 bits per heavy atom. The van der Waals surface area contributed by atoms with Gasteiger partial charge in [-0.3, -0.25) is 9.59 Å². The molecule has 0 unspecified atom stereocenters. The van der Waals surface area contributed by atoms with Crippen LogP contribution in [0, 0.1) is 23.7 Å². The number of aryl methyl sites for hydroxylation is 1. The molecule has 1 amide bonds. The minimum Gasteiger partial charge on any atom is -0.481 e. The van der Waals surface area contributed by atoms with Gasteiger partial charge in [0, 0.05) is 4.88 Å². The summed E-state index contributed by atoms with van der Waals surface area (Å²) in [6.07, 6.45) is 3.39. The van der Waals surface area contributed by atoms with E-state index in [2.05, 4.69) is 12.2 Å². The van der Waals surface area contributed by atoms with E-state index in [0.29, 0.717) is 10.6 Å². The smallest absolute Gasteiger partial charge is 0.341 e. The molecule has 2 bridgehead atoms. The molecule has 1 aromatic heterocycles. The minimum atomic E-state index is -0.917. The van der Waals surface area contributed by atoms with E-state index in [4.69, 9.17) is 4.74 Å². The predicted octanol–water partition coefficient (Wildman–Crippen LogP) is 4.51. The largest absolute Gasteiger partial charge is 0.481 e. The fourth-order valence-electron chi connectivity index (χ4n) is 5.06. The first kappa shape index (κ1) is 21.6. The maximum Gasteiger partial charge on any atom is 0.341 e. The number of amides is 1. The van der Waals surface area contributed by atoms with Crippen molar-refractivity contribution in [2.75, 3.05) is 11.9 Å². The predicted molar refractivity (Wildman–Crippen MR) is 112 cm³/mol. The average molecular weight is 420 g/mol. The van der Waals surface area contributed by atoms with Crippen LogP contribution in [0.25, 0.3) is 0 Å². The maximum atomic E-state index is 13.2. The monoisotopic (exact) mass is 419 g/mol. The molecule has 7 heteroatoms. The normalized spacial score (nSPS) is 25.2. The number of hydrogen-bond acceptors (Lipinski definition) is 5. The van der Waals surface area contributed by atoms with Gasteiger partial charge in [0.25, 0.3) is 0 Å². The lowest BCUT2D eigenvalue weighted by Gasteiger charge is -2.26. The van der Waals surface area contributed by atoms with E-state index < -0.39 is 23.8 Å². The Bertz CT molecular complexity index is 851. The van der Waals surface area contributed by atoms with Gasteiger partial charge in [0.2, 0.25) is 5.91 Å². The number of esters is 1. The van der Waals surface area contributed by atoms with Crippen LogP contribution in [0.2, 0.25) is 0 Å². The van der Waals surface area contributed by atoms with E-state index in [-0.39, 0.29) is 24.3 Å². The molecule has 2 aliphatic rings. The highest BCUT2D eigenvalue weighted by atomic mass is 32.1. The van der Waals surface area contributed by atoms with Gasteiger partial charge in [-0.15, -0.1) is 11.3 Å². The number of thiophene rings is 1. The summed E-state index contributed by atoms with van der Waals surface area (Å²) in [5.74, 6) is -3.11. The van der Waals surface area contributed by atoms with E-state index in [9.17, 15) is 19.5 Å². The Labute approximate surface area is 175 Å². The second kappa shape index (κ2) is 8.69. The molecule has 0 saturated heterocycles. The first-order valence-corrected chi connectivity index (χ1v) is 11.1. The number of carbonyl (C=O) groups is 3. The molecule has 1 aromatic rings. The summed E-state index contributed by atoms with van der Waals surface area (Å²) >= 11 is 1.37. The number of nitrogens with one attached hydrogen (secondary N) is 1. The number of carboxylic acid groups (broad SMARTS) is 1. The summed E-state index contributed by atoms with van der Waals surface area (Å²) in [6.45, 7) is 8.03. The standard InChI is InChI=1S/C22H29NO5S/c1-5-7-12-10-15(22(27)28-6-2)20(29-12)23-19(24)17-13-8-9-14(16(13)11(3)4)18(17)21(25)26/h10,13-14,17-18H,5-9H2,1-4H3,(H,23,24)(H,25,26)/t13-,14+,17-,18-/m0/s1. The molecule has 0 radical (unpaired) electrons. The van der Waals surface area contributed by atoms with Crippen molar-refractivity contribution in [2.45, 2.75) is 53.4 Å². The Kier molecular flexibility index (Phi) is 6.46. The zero-order valence-corrected chi connectivity index (χ0v) is 18.2. The number of carbonyl (C=O) groups excluding carboxylic acids is 2. The number of hydrogen-bond donors (Lipinski definition) is 2. The van der Waals surface area contributed by atoms with Crippen LogP contribution in [0.1, 0.15) is 62.2 Å². The topological polar surface area (TPSA) is 92.7 Å². The number of aliphatic carboxylic acids is 1. The van der Waals surface area contributed by atoms with Gasteiger partial charge in [-0.2, -0.15) is 0 Å². The zero-order chi connectivity index (χ0) is 21.3. The second-order valence-electron chi connectivity index (χ2n) is 8.05. The van der Waals surface area contributed by atoms with Gasteiger partial charge in [0.05, 0.1) is 24.0 Å². The molecule has 29 heavy (non-hydrogen) atoms. The molecule has 0 aromatic carbocycles. The van der Waals surface area contributed by atoms with Gasteiger partial charge in [0.15, 0.2) is 0 Å². The summed E-state index contributed by atoms with van der Waals surface area (Å²) in [5.41, 5.74) is 2.61. The lowest BCUT2D eigenvalue weighted by atomic mass is 9.79. The van der Waals surface area contributed by atoms with Crippen LogP contribution in [0.4, 0.5) is 5.00 Å². The van der Waals surface area contributed by atoms with Gasteiger partial charge >= 0.3 is 11.9 Å². The highest BCUT2D eigenvalue weighted by Crippen LogP contribution is 2.57. The molecule has 158 valence electrons. The van der Waals surface area contributed by atoms with Gasteiger partial charge in [-0.1, -0.05) is 24.5 Å². The summed E-state index contributed by atoms with van der Waals surface area (Å²) in [5, 5.41) is 13.2. The lowest BCUT2D eigenvalue weighted by Crippen LogP contribution is -2.37. The van der Waals surface area contributed by atoms with Crippen molar-refractivity contribution in [3.63, 3.8) is 0 Å². The summed E-state index contributed by atoms with van der Waals surface area (Å²) in [7, 11) is 0. The van der Waals surface area contributed by atoms with Crippen LogP contribution in [-0.4, -0.2) is 29.6 Å². The zero-order valence-electron chi connectivity index (χ0n) is 17.4. The third-order valence-electron chi connectivity index (χ3n) is 6.02. The molecule has 1 heterocycles. The molecule has 6 nitrogen and oxygen atoms in total. The van der Waals surface area contributed by atoms with Crippen molar-refractivity contribution in [3.8, 4) is 0 Å². The average Bonchev–Trinajstić information content (AvgIpc) is 3.33. The summed E-state index contributed by atoms with van der Waals surface area (Å²) < 4.78 is 5.14. The fourth-order valence-corrected chi connectivity index (χ4v) is 6.21. The number of ether oxygens (including phenoxy) is 1. The number of rotatable bonds is 7. The van der Waals surface area contributed by atoms with Crippen LogP contribution in [0.15, 0.2) is 17.2 Å². The summed E-state index contributed by atoms with van der Waals surface area (Å²) in [6, 6.07) is 1.78. The molecular weight excluding hydrogens is 390 g/mol. The molecule has 2 N–H and O–H groups in total. The van der Waals surface area contributed by atoms with Gasteiger partial charge < -0.3 is 15.2 Å². The van der Waals surface area contributed by atoms with Crippen LogP contribution >= 0.6 is 11.3 Å². The molecule has 0 spiro atoms. The Morgan fingerprint density at radius 2 is 1.83 bits per heavy atom. The lowest BCUT2D eigenvalue weighted by molar-refractivity contribution is -0.148.